The first kappa shape index (κ1) is 14.7. The molecule has 1 aliphatic heterocycles. The van der Waals surface area contributed by atoms with Crippen molar-refractivity contribution in [3.05, 3.63) is 29.8 Å². The predicted molar refractivity (Wildman–Crippen MR) is 82.0 cm³/mol. The van der Waals surface area contributed by atoms with Gasteiger partial charge in [0.2, 0.25) is 5.91 Å². The Balaban J connectivity index is 1.90. The second-order valence-electron chi connectivity index (χ2n) is 4.52. The number of amides is 3. The number of urea groups is 1. The average molecular weight is 293 g/mol. The molecule has 0 aliphatic carbocycles. The summed E-state index contributed by atoms with van der Waals surface area (Å²) in [5, 5.41) is 8.31. The molecule has 1 unspecified atom stereocenters. The lowest BCUT2D eigenvalue weighted by Crippen LogP contribution is -2.48. The van der Waals surface area contributed by atoms with E-state index in [0.29, 0.717) is 0 Å². The topological polar surface area (TPSA) is 70.2 Å². The first-order valence-corrected chi connectivity index (χ1v) is 7.86. The van der Waals surface area contributed by atoms with Crippen LogP contribution >= 0.6 is 11.8 Å². The Kier molecular flexibility index (Phi) is 5.29. The molecule has 108 valence electrons. The van der Waals surface area contributed by atoms with Gasteiger partial charge in [0.25, 0.3) is 0 Å². The van der Waals surface area contributed by atoms with Gasteiger partial charge in [-0.2, -0.15) is 11.8 Å². The van der Waals surface area contributed by atoms with E-state index in [2.05, 4.69) is 22.9 Å². The number of nitrogens with one attached hydrogen (secondary N) is 3. The molecular weight excluding hydrogens is 274 g/mol. The van der Waals surface area contributed by atoms with Crippen molar-refractivity contribution < 1.29 is 9.59 Å². The highest BCUT2D eigenvalue weighted by atomic mass is 32.2. The zero-order valence-electron chi connectivity index (χ0n) is 11.4. The van der Waals surface area contributed by atoms with Gasteiger partial charge in [-0.05, 0) is 23.4 Å². The van der Waals surface area contributed by atoms with Crippen molar-refractivity contribution in [1.82, 2.24) is 10.6 Å². The molecule has 0 saturated carbocycles. The van der Waals surface area contributed by atoms with Crippen LogP contribution in [-0.4, -0.2) is 30.0 Å². The Morgan fingerprint density at radius 3 is 2.70 bits per heavy atom. The van der Waals surface area contributed by atoms with Crippen molar-refractivity contribution in [2.75, 3.05) is 23.4 Å². The molecule has 0 radical (unpaired) electrons. The van der Waals surface area contributed by atoms with Crippen LogP contribution in [0.15, 0.2) is 24.3 Å². The van der Waals surface area contributed by atoms with E-state index in [1.807, 2.05) is 36.0 Å². The van der Waals surface area contributed by atoms with Gasteiger partial charge in [0.1, 0.15) is 0 Å². The summed E-state index contributed by atoms with van der Waals surface area (Å²) in [6.45, 7) is 3.08. The Hall–Kier alpha value is -1.69. The van der Waals surface area contributed by atoms with E-state index in [9.17, 15) is 9.59 Å². The molecule has 1 aromatic rings. The first-order valence-electron chi connectivity index (χ1n) is 6.71. The molecule has 1 atom stereocenters. The predicted octanol–water partition coefficient (Wildman–Crippen LogP) is 2.12. The van der Waals surface area contributed by atoms with E-state index >= 15 is 0 Å². The molecule has 20 heavy (non-hydrogen) atoms. The van der Waals surface area contributed by atoms with Crippen molar-refractivity contribution in [2.45, 2.75) is 19.4 Å². The van der Waals surface area contributed by atoms with Gasteiger partial charge in [-0.25, -0.2) is 4.79 Å². The molecule has 3 N–H and O–H groups in total. The molecule has 0 bridgehead atoms. The van der Waals surface area contributed by atoms with Crippen LogP contribution in [0.2, 0.25) is 0 Å². The zero-order chi connectivity index (χ0) is 14.4. The number of benzene rings is 1. The number of carbonyl (C=O) groups is 2. The van der Waals surface area contributed by atoms with E-state index in [1.165, 1.54) is 0 Å². The maximum absolute atomic E-state index is 11.3. The summed E-state index contributed by atoms with van der Waals surface area (Å²) in [6, 6.07) is 7.18. The molecule has 2 rings (SSSR count). The summed E-state index contributed by atoms with van der Waals surface area (Å²) in [5.41, 5.74) is 2.00. The van der Waals surface area contributed by atoms with E-state index < -0.39 is 6.03 Å². The Bertz CT molecular complexity index is 460. The Morgan fingerprint density at radius 1 is 1.30 bits per heavy atom. The van der Waals surface area contributed by atoms with Gasteiger partial charge in [-0.3, -0.25) is 10.1 Å². The largest absolute Gasteiger partial charge is 0.384 e. The fourth-order valence-corrected chi connectivity index (χ4v) is 2.59. The molecular formula is C14H19N3O2S. The van der Waals surface area contributed by atoms with Crippen LogP contribution in [0, 0.1) is 0 Å². The second kappa shape index (κ2) is 7.19. The lowest BCUT2D eigenvalue weighted by atomic mass is 10.0. The van der Waals surface area contributed by atoms with E-state index in [1.54, 1.807) is 0 Å². The van der Waals surface area contributed by atoms with Crippen molar-refractivity contribution in [3.8, 4) is 0 Å². The molecule has 1 heterocycles. The monoisotopic (exact) mass is 293 g/mol. The summed E-state index contributed by atoms with van der Waals surface area (Å²) in [4.78, 5) is 22.6. The van der Waals surface area contributed by atoms with Gasteiger partial charge in [-0.15, -0.1) is 0 Å². The Labute approximate surface area is 122 Å². The summed E-state index contributed by atoms with van der Waals surface area (Å²) in [5.74, 6) is 1.97. The fraction of sp³-hybridized carbons (Fsp3) is 0.429. The van der Waals surface area contributed by atoms with Crippen molar-refractivity contribution in [3.63, 3.8) is 0 Å². The van der Waals surface area contributed by atoms with Gasteiger partial charge in [-0.1, -0.05) is 19.1 Å². The second-order valence-corrected chi connectivity index (χ2v) is 5.92. The van der Waals surface area contributed by atoms with Crippen LogP contribution in [0.4, 0.5) is 10.5 Å². The maximum Gasteiger partial charge on any atom is 0.321 e. The lowest BCUT2D eigenvalue weighted by molar-refractivity contribution is -0.121. The molecule has 0 aromatic heterocycles. The van der Waals surface area contributed by atoms with Crippen molar-refractivity contribution in [2.24, 2.45) is 0 Å². The lowest BCUT2D eigenvalue weighted by Gasteiger charge is -2.23. The number of hydrogen-bond donors (Lipinski definition) is 3. The van der Waals surface area contributed by atoms with Gasteiger partial charge in [0, 0.05) is 18.0 Å². The minimum atomic E-state index is -0.426. The van der Waals surface area contributed by atoms with Crippen LogP contribution in [0.3, 0.4) is 0 Å². The molecule has 1 aromatic carbocycles. The average Bonchev–Trinajstić information content (AvgIpc) is 2.43. The van der Waals surface area contributed by atoms with Crippen molar-refractivity contribution >= 4 is 29.4 Å². The molecule has 0 spiro atoms. The van der Waals surface area contributed by atoms with Crippen LogP contribution in [0.5, 0.6) is 0 Å². The highest BCUT2D eigenvalue weighted by Crippen LogP contribution is 2.21. The first-order chi connectivity index (χ1) is 9.69. The van der Waals surface area contributed by atoms with Gasteiger partial charge in [0.05, 0.1) is 12.5 Å². The highest BCUT2D eigenvalue weighted by molar-refractivity contribution is 7.99. The minimum Gasteiger partial charge on any atom is -0.384 e. The van der Waals surface area contributed by atoms with Crippen LogP contribution in [-0.2, 0) is 4.79 Å². The van der Waals surface area contributed by atoms with E-state index in [4.69, 9.17) is 0 Å². The van der Waals surface area contributed by atoms with E-state index in [-0.39, 0.29) is 18.4 Å². The number of carbonyl (C=O) groups excluding carboxylic acids is 2. The molecule has 3 amide bonds. The fourth-order valence-electron chi connectivity index (χ4n) is 2.05. The molecule has 1 aliphatic rings. The minimum absolute atomic E-state index is 0.235. The highest BCUT2D eigenvalue weighted by Gasteiger charge is 2.24. The number of rotatable bonds is 6. The smallest absolute Gasteiger partial charge is 0.321 e. The van der Waals surface area contributed by atoms with E-state index in [0.717, 1.165) is 29.3 Å². The summed E-state index contributed by atoms with van der Waals surface area (Å²) in [6.07, 6.45) is 0.283. The molecule has 5 nitrogen and oxygen atoms in total. The van der Waals surface area contributed by atoms with Gasteiger partial charge >= 0.3 is 6.03 Å². The summed E-state index contributed by atoms with van der Waals surface area (Å²) in [7, 11) is 0. The molecule has 6 heteroatoms. The number of anilines is 1. The van der Waals surface area contributed by atoms with Gasteiger partial charge < -0.3 is 10.6 Å². The van der Waals surface area contributed by atoms with Crippen LogP contribution in [0.1, 0.15) is 24.9 Å². The third kappa shape index (κ3) is 4.16. The van der Waals surface area contributed by atoms with Crippen LogP contribution < -0.4 is 16.0 Å². The standard InChI is InChI=1S/C14H19N3O2S/c1-2-20-8-7-15-11-5-3-10(4-6-11)12-9-13(18)17-14(19)16-12/h3-6,12,15H,2,7-9H2,1H3,(H2,16,17,18,19). The number of hydrogen-bond acceptors (Lipinski definition) is 4. The number of thioether (sulfide) groups is 1. The Morgan fingerprint density at radius 2 is 2.05 bits per heavy atom. The summed E-state index contributed by atoms with van der Waals surface area (Å²) < 4.78 is 0. The van der Waals surface area contributed by atoms with Gasteiger partial charge in [0.15, 0.2) is 0 Å². The third-order valence-corrected chi connectivity index (χ3v) is 3.94. The normalized spacial score (nSPS) is 18.4. The maximum atomic E-state index is 11.3. The van der Waals surface area contributed by atoms with Crippen molar-refractivity contribution in [1.29, 1.82) is 0 Å². The zero-order valence-corrected chi connectivity index (χ0v) is 12.3. The quantitative estimate of drug-likeness (QED) is 0.703. The molecule has 1 saturated heterocycles. The van der Waals surface area contributed by atoms with Crippen LogP contribution in [0.25, 0.3) is 0 Å². The molecule has 1 fully saturated rings. The summed E-state index contributed by atoms with van der Waals surface area (Å²) >= 11 is 1.90. The number of imide groups is 1. The SMILES string of the molecule is CCSCCNc1ccc(C2CC(=O)NC(=O)N2)cc1. The third-order valence-electron chi connectivity index (χ3n) is 3.04.